The second-order valence-corrected chi connectivity index (χ2v) is 4.48. The Kier molecular flexibility index (Phi) is 5.99. The molecule has 0 aliphatic carbocycles. The first-order chi connectivity index (χ1) is 9.43. The molecule has 1 atom stereocenters. The first-order valence-electron chi connectivity index (χ1n) is 6.31. The number of hydrogen-bond donors (Lipinski definition) is 2. The molecule has 1 rings (SSSR count). The SMILES string of the molecule is COC(=O)CCN(C)C(=O)Nc1ccc(C(C)O)cc1. The average molecular weight is 280 g/mol. The third-order valence-electron chi connectivity index (χ3n) is 2.87. The summed E-state index contributed by atoms with van der Waals surface area (Å²) in [5, 5.41) is 12.1. The Morgan fingerprint density at radius 1 is 1.35 bits per heavy atom. The number of amides is 2. The number of rotatable bonds is 5. The van der Waals surface area contributed by atoms with Crippen LogP contribution in [0.4, 0.5) is 10.5 Å². The summed E-state index contributed by atoms with van der Waals surface area (Å²) < 4.78 is 4.51. The number of hydrogen-bond acceptors (Lipinski definition) is 4. The Bertz CT molecular complexity index is 457. The number of aliphatic hydroxyl groups is 1. The normalized spacial score (nSPS) is 11.6. The van der Waals surface area contributed by atoms with Gasteiger partial charge in [0, 0.05) is 19.3 Å². The number of benzene rings is 1. The minimum atomic E-state index is -0.539. The van der Waals surface area contributed by atoms with Crippen LogP contribution in [0.5, 0.6) is 0 Å². The van der Waals surface area contributed by atoms with Crippen molar-refractivity contribution in [3.63, 3.8) is 0 Å². The molecule has 0 saturated carbocycles. The number of methoxy groups -OCH3 is 1. The van der Waals surface area contributed by atoms with Crippen molar-refractivity contribution in [3.05, 3.63) is 29.8 Å². The van der Waals surface area contributed by atoms with Crippen molar-refractivity contribution in [2.45, 2.75) is 19.4 Å². The van der Waals surface area contributed by atoms with E-state index in [4.69, 9.17) is 0 Å². The maximum Gasteiger partial charge on any atom is 0.321 e. The number of ether oxygens (including phenoxy) is 1. The molecular weight excluding hydrogens is 260 g/mol. The summed E-state index contributed by atoms with van der Waals surface area (Å²) in [6.07, 6.45) is -0.385. The molecule has 6 heteroatoms. The molecule has 0 fully saturated rings. The highest BCUT2D eigenvalue weighted by Crippen LogP contribution is 2.15. The van der Waals surface area contributed by atoms with Gasteiger partial charge in [0.1, 0.15) is 0 Å². The number of nitrogens with zero attached hydrogens (tertiary/aromatic N) is 1. The van der Waals surface area contributed by atoms with Crippen LogP contribution < -0.4 is 5.32 Å². The second kappa shape index (κ2) is 7.49. The number of carbonyl (C=O) groups excluding carboxylic acids is 2. The third-order valence-corrected chi connectivity index (χ3v) is 2.87. The lowest BCUT2D eigenvalue weighted by molar-refractivity contribution is -0.140. The molecule has 0 aliphatic rings. The van der Waals surface area contributed by atoms with Gasteiger partial charge >= 0.3 is 12.0 Å². The van der Waals surface area contributed by atoms with Gasteiger partial charge in [-0.05, 0) is 24.6 Å². The van der Waals surface area contributed by atoms with Crippen LogP contribution in [-0.2, 0) is 9.53 Å². The lowest BCUT2D eigenvalue weighted by atomic mass is 10.1. The predicted octanol–water partition coefficient (Wildman–Crippen LogP) is 1.77. The lowest BCUT2D eigenvalue weighted by Gasteiger charge is -2.17. The van der Waals surface area contributed by atoms with Gasteiger partial charge in [0.05, 0.1) is 19.6 Å². The summed E-state index contributed by atoms with van der Waals surface area (Å²) in [6, 6.07) is 6.62. The number of aliphatic hydroxyl groups excluding tert-OH is 1. The van der Waals surface area contributed by atoms with Crippen molar-refractivity contribution in [1.29, 1.82) is 0 Å². The zero-order valence-electron chi connectivity index (χ0n) is 11.9. The summed E-state index contributed by atoms with van der Waals surface area (Å²) in [5.41, 5.74) is 1.41. The largest absolute Gasteiger partial charge is 0.469 e. The van der Waals surface area contributed by atoms with Crippen LogP contribution in [0.2, 0.25) is 0 Å². The fourth-order valence-electron chi connectivity index (χ4n) is 1.53. The molecule has 2 N–H and O–H groups in total. The summed E-state index contributed by atoms with van der Waals surface area (Å²) in [6.45, 7) is 1.96. The Labute approximate surface area is 118 Å². The van der Waals surface area contributed by atoms with Crippen LogP contribution in [0.3, 0.4) is 0 Å². The van der Waals surface area contributed by atoms with Crippen molar-refractivity contribution in [2.24, 2.45) is 0 Å². The molecule has 1 aromatic rings. The minimum Gasteiger partial charge on any atom is -0.469 e. The van der Waals surface area contributed by atoms with Crippen LogP contribution in [0.1, 0.15) is 25.0 Å². The van der Waals surface area contributed by atoms with E-state index in [2.05, 4.69) is 10.1 Å². The van der Waals surface area contributed by atoms with Crippen LogP contribution in [0, 0.1) is 0 Å². The molecule has 110 valence electrons. The quantitative estimate of drug-likeness (QED) is 0.806. The molecule has 2 amide bonds. The molecule has 0 spiro atoms. The monoisotopic (exact) mass is 280 g/mol. The standard InChI is InChI=1S/C14H20N2O4/c1-10(17)11-4-6-12(7-5-11)15-14(19)16(2)9-8-13(18)20-3/h4-7,10,17H,8-9H2,1-3H3,(H,15,19). The van der Waals surface area contributed by atoms with Gasteiger partial charge in [-0.25, -0.2) is 4.79 Å². The molecule has 1 unspecified atom stereocenters. The lowest BCUT2D eigenvalue weighted by Crippen LogP contribution is -2.33. The molecule has 0 heterocycles. The first-order valence-corrected chi connectivity index (χ1v) is 6.31. The van der Waals surface area contributed by atoms with E-state index in [9.17, 15) is 14.7 Å². The van der Waals surface area contributed by atoms with Gasteiger partial charge in [-0.1, -0.05) is 12.1 Å². The van der Waals surface area contributed by atoms with E-state index in [0.717, 1.165) is 5.56 Å². The first kappa shape index (κ1) is 16.0. The van der Waals surface area contributed by atoms with E-state index in [1.807, 2.05) is 0 Å². The number of esters is 1. The summed E-state index contributed by atoms with van der Waals surface area (Å²) in [5.74, 6) is -0.356. The highest BCUT2D eigenvalue weighted by atomic mass is 16.5. The maximum absolute atomic E-state index is 11.8. The molecular formula is C14H20N2O4. The Morgan fingerprint density at radius 2 is 1.95 bits per heavy atom. The highest BCUT2D eigenvalue weighted by molar-refractivity contribution is 5.89. The fraction of sp³-hybridized carbons (Fsp3) is 0.429. The van der Waals surface area contributed by atoms with Crippen LogP contribution in [0.15, 0.2) is 24.3 Å². The Balaban J connectivity index is 2.50. The molecule has 1 aromatic carbocycles. The minimum absolute atomic E-state index is 0.154. The number of nitrogens with one attached hydrogen (secondary N) is 1. The molecule has 6 nitrogen and oxygen atoms in total. The van der Waals surface area contributed by atoms with Crippen molar-refractivity contribution in [1.82, 2.24) is 4.90 Å². The summed E-state index contributed by atoms with van der Waals surface area (Å²) in [7, 11) is 2.91. The third kappa shape index (κ3) is 4.89. The van der Waals surface area contributed by atoms with E-state index in [0.29, 0.717) is 5.69 Å². The van der Waals surface area contributed by atoms with Gasteiger partial charge in [0.2, 0.25) is 0 Å². The van der Waals surface area contributed by atoms with Crippen molar-refractivity contribution in [2.75, 3.05) is 26.0 Å². The highest BCUT2D eigenvalue weighted by Gasteiger charge is 2.11. The zero-order chi connectivity index (χ0) is 15.1. The van der Waals surface area contributed by atoms with Crippen molar-refractivity contribution >= 4 is 17.7 Å². The molecule has 20 heavy (non-hydrogen) atoms. The predicted molar refractivity (Wildman–Crippen MR) is 75.4 cm³/mol. The maximum atomic E-state index is 11.8. The molecule has 0 saturated heterocycles. The van der Waals surface area contributed by atoms with Crippen molar-refractivity contribution in [3.8, 4) is 0 Å². The Morgan fingerprint density at radius 3 is 2.45 bits per heavy atom. The number of urea groups is 1. The van der Waals surface area contributed by atoms with Gasteiger partial charge < -0.3 is 20.1 Å². The van der Waals surface area contributed by atoms with E-state index >= 15 is 0 Å². The van der Waals surface area contributed by atoms with Crippen molar-refractivity contribution < 1.29 is 19.4 Å². The van der Waals surface area contributed by atoms with Gasteiger partial charge in [0.15, 0.2) is 0 Å². The molecule has 0 aromatic heterocycles. The molecule has 0 bridgehead atoms. The Hall–Kier alpha value is -2.08. The van der Waals surface area contributed by atoms with Crippen LogP contribution >= 0.6 is 0 Å². The molecule has 0 radical (unpaired) electrons. The van der Waals surface area contributed by atoms with Gasteiger partial charge in [-0.2, -0.15) is 0 Å². The van der Waals surface area contributed by atoms with E-state index < -0.39 is 6.10 Å². The molecule has 0 aliphatic heterocycles. The summed E-state index contributed by atoms with van der Waals surface area (Å²) >= 11 is 0. The van der Waals surface area contributed by atoms with Gasteiger partial charge in [-0.15, -0.1) is 0 Å². The van der Waals surface area contributed by atoms with E-state index in [-0.39, 0.29) is 25.0 Å². The zero-order valence-corrected chi connectivity index (χ0v) is 11.9. The van der Waals surface area contributed by atoms with Gasteiger partial charge in [-0.3, -0.25) is 4.79 Å². The number of carbonyl (C=O) groups is 2. The summed E-state index contributed by atoms with van der Waals surface area (Å²) in [4.78, 5) is 24.2. The second-order valence-electron chi connectivity index (χ2n) is 4.48. The number of anilines is 1. The van der Waals surface area contributed by atoms with E-state index in [1.54, 1.807) is 38.2 Å². The fourth-order valence-corrected chi connectivity index (χ4v) is 1.53. The van der Waals surface area contributed by atoms with Crippen LogP contribution in [0.25, 0.3) is 0 Å². The van der Waals surface area contributed by atoms with E-state index in [1.165, 1.54) is 12.0 Å². The topological polar surface area (TPSA) is 78.9 Å². The average Bonchev–Trinajstić information content (AvgIpc) is 2.44. The smallest absolute Gasteiger partial charge is 0.321 e. The van der Waals surface area contributed by atoms with Gasteiger partial charge in [0.25, 0.3) is 0 Å². The van der Waals surface area contributed by atoms with Crippen LogP contribution in [-0.4, -0.2) is 42.7 Å².